The smallest absolute Gasteiger partial charge is 0.332 e. The van der Waals surface area contributed by atoms with E-state index >= 15 is 0 Å². The van der Waals surface area contributed by atoms with E-state index < -0.39 is 23.1 Å². The summed E-state index contributed by atoms with van der Waals surface area (Å²) in [7, 11) is -0.752. The van der Waals surface area contributed by atoms with Crippen molar-refractivity contribution in [2.24, 2.45) is 0 Å². The number of pyridine rings is 1. The predicted molar refractivity (Wildman–Crippen MR) is 132 cm³/mol. The Bertz CT molecular complexity index is 1300. The molecule has 1 aromatic heterocycles. The number of hydrogen-bond donors (Lipinski definition) is 1. The van der Waals surface area contributed by atoms with Gasteiger partial charge in [-0.25, -0.2) is 4.57 Å². The van der Waals surface area contributed by atoms with E-state index in [0.717, 1.165) is 26.6 Å². The summed E-state index contributed by atoms with van der Waals surface area (Å²) < 4.78 is 26.1. The third-order valence-electron chi connectivity index (χ3n) is 5.32. The van der Waals surface area contributed by atoms with Crippen LogP contribution in [0.1, 0.15) is 23.0 Å². The number of hydrogen-bond acceptors (Lipinski definition) is 5. The van der Waals surface area contributed by atoms with Crippen molar-refractivity contribution in [3.63, 3.8) is 0 Å². The molecule has 7 heteroatoms. The first-order valence-electron chi connectivity index (χ1n) is 10.6. The van der Waals surface area contributed by atoms with Gasteiger partial charge >= 0.3 is 6.80 Å². The van der Waals surface area contributed by atoms with E-state index in [4.69, 9.17) is 9.26 Å². The van der Waals surface area contributed by atoms with Crippen LogP contribution in [0.15, 0.2) is 107 Å². The van der Waals surface area contributed by atoms with Gasteiger partial charge in [0.1, 0.15) is 0 Å². The van der Waals surface area contributed by atoms with E-state index in [2.05, 4.69) is 10.3 Å². The Morgan fingerprint density at radius 2 is 1.52 bits per heavy atom. The molecule has 0 amide bonds. The number of nitrogens with zero attached hydrogens (tertiary/aromatic N) is 1. The van der Waals surface area contributed by atoms with Gasteiger partial charge in [0.25, 0.3) is 0 Å². The van der Waals surface area contributed by atoms with Gasteiger partial charge in [0.2, 0.25) is 0 Å². The Labute approximate surface area is 195 Å². The highest BCUT2D eigenvalue weighted by molar-refractivity contribution is 8.21. The zero-order valence-electron chi connectivity index (χ0n) is 18.0. The zero-order valence-corrected chi connectivity index (χ0v) is 19.8. The maximum absolute atomic E-state index is 13.8. The number of fused-ring (bicyclic) bond motifs is 1. The van der Waals surface area contributed by atoms with E-state index in [1.54, 1.807) is 0 Å². The van der Waals surface area contributed by atoms with Gasteiger partial charge in [0.15, 0.2) is 12.0 Å². The Balaban J connectivity index is 1.58. The van der Waals surface area contributed by atoms with Crippen molar-refractivity contribution >= 4 is 22.6 Å². The topological polar surface area (TPSA) is 60.5 Å². The van der Waals surface area contributed by atoms with Gasteiger partial charge in [-0.2, -0.15) is 0 Å². The second-order valence-electron chi connectivity index (χ2n) is 7.54. The molecule has 0 spiro atoms. The Hall–Kier alpha value is -3.18. The van der Waals surface area contributed by atoms with E-state index in [9.17, 15) is 4.57 Å². The molecule has 2 heterocycles. The Morgan fingerprint density at radius 1 is 0.939 bits per heavy atom. The quantitative estimate of drug-likeness (QED) is 0.311. The third-order valence-corrected chi connectivity index (χ3v) is 9.77. The number of aryl methyl sites for hydroxylation is 1. The first-order valence-corrected chi connectivity index (χ1v) is 13.6. The lowest BCUT2D eigenvalue weighted by molar-refractivity contribution is 0.0852. The molecular weight excluding hydrogens is 451 g/mol. The van der Waals surface area contributed by atoms with Crippen molar-refractivity contribution in [3.05, 3.63) is 114 Å². The Morgan fingerprint density at radius 3 is 2.12 bits per heavy atom. The number of rotatable bonds is 6. The van der Waals surface area contributed by atoms with Crippen molar-refractivity contribution < 1.29 is 13.8 Å². The summed E-state index contributed by atoms with van der Waals surface area (Å²) in [5.74, 6) is 0.531. The number of para-hydroxylation sites is 1. The molecule has 0 fully saturated rings. The van der Waals surface area contributed by atoms with Gasteiger partial charge in [-0.3, -0.25) is 4.98 Å². The second-order valence-corrected chi connectivity index (χ2v) is 11.7. The van der Waals surface area contributed by atoms with Crippen LogP contribution in [0.3, 0.4) is 0 Å². The number of aromatic nitrogens is 1. The predicted octanol–water partition coefficient (Wildman–Crippen LogP) is 6.80. The molecule has 166 valence electrons. The summed E-state index contributed by atoms with van der Waals surface area (Å²) in [4.78, 5) is 6.43. The third kappa shape index (κ3) is 4.64. The van der Waals surface area contributed by atoms with Crippen molar-refractivity contribution in [2.75, 3.05) is 5.32 Å². The van der Waals surface area contributed by atoms with E-state index in [0.29, 0.717) is 18.1 Å². The molecule has 1 aliphatic rings. The maximum atomic E-state index is 13.8. The largest absolute Gasteiger partial charge is 0.408 e. The van der Waals surface area contributed by atoms with Gasteiger partial charge < -0.3 is 14.6 Å². The standard InChI is InChI=1S/C26H23N2O3PS/c1-19-25(24-20(17-27-19)18-30-26(24)28-21-11-5-2-6-12-21)31-32(29)33(22-13-7-3-8-14-22)23-15-9-4-10-16-23/h2-17,26,28H,18H2,1H3. The van der Waals surface area contributed by atoms with Crippen LogP contribution >= 0.6 is 6.80 Å². The van der Waals surface area contributed by atoms with Crippen LogP contribution in [0.5, 0.6) is 5.75 Å². The number of ether oxygens (including phenoxy) is 1. The van der Waals surface area contributed by atoms with Gasteiger partial charge in [-0.05, 0) is 53.4 Å². The van der Waals surface area contributed by atoms with Crippen molar-refractivity contribution in [2.45, 2.75) is 29.5 Å². The highest BCUT2D eigenvalue weighted by atomic mass is 32.5. The van der Waals surface area contributed by atoms with Crippen LogP contribution in [0, 0.1) is 6.92 Å². The minimum absolute atomic E-state index is 0.405. The number of nitrogens with one attached hydrogen (secondary N) is 1. The van der Waals surface area contributed by atoms with Crippen molar-refractivity contribution in [1.82, 2.24) is 4.98 Å². The monoisotopic (exact) mass is 474 g/mol. The van der Waals surface area contributed by atoms with Crippen LogP contribution in [0.25, 0.3) is 0 Å². The Kier molecular flexibility index (Phi) is 6.40. The molecule has 5 nitrogen and oxygen atoms in total. The molecule has 0 saturated heterocycles. The van der Waals surface area contributed by atoms with Crippen LogP contribution in [0.4, 0.5) is 5.69 Å². The van der Waals surface area contributed by atoms with Crippen molar-refractivity contribution in [3.8, 4) is 5.75 Å². The van der Waals surface area contributed by atoms with Gasteiger partial charge in [-0.15, -0.1) is 0 Å². The summed E-state index contributed by atoms with van der Waals surface area (Å²) in [6, 6.07) is 29.6. The van der Waals surface area contributed by atoms with E-state index in [-0.39, 0.29) is 0 Å². The van der Waals surface area contributed by atoms with E-state index in [1.807, 2.05) is 104 Å². The first-order chi connectivity index (χ1) is 16.2. The minimum atomic E-state index is -2.12. The first kappa shape index (κ1) is 21.7. The van der Waals surface area contributed by atoms with Gasteiger partial charge in [0, 0.05) is 27.2 Å². The summed E-state index contributed by atoms with van der Waals surface area (Å²) in [6.45, 7) is 0.175. The lowest BCUT2D eigenvalue weighted by atomic mass is 10.1. The molecule has 2 unspecified atom stereocenters. The molecule has 0 aliphatic carbocycles. The van der Waals surface area contributed by atoms with Gasteiger partial charge in [0.05, 0.1) is 17.9 Å². The SMILES string of the molecule is Cc1ncc2c(c1OP(=O)=S(c1ccccc1)c1ccccc1)C(Nc1ccccc1)OC2. The second kappa shape index (κ2) is 9.75. The van der Waals surface area contributed by atoms with Crippen molar-refractivity contribution in [1.29, 1.82) is 0 Å². The number of anilines is 1. The maximum Gasteiger partial charge on any atom is 0.332 e. The summed E-state index contributed by atoms with van der Waals surface area (Å²) in [5, 5.41) is 3.41. The molecule has 3 aromatic carbocycles. The van der Waals surface area contributed by atoms with Gasteiger partial charge in [-0.1, -0.05) is 54.6 Å². The van der Waals surface area contributed by atoms with Crippen LogP contribution in [-0.2, 0) is 26.0 Å². The normalized spacial score (nSPS) is 15.2. The fraction of sp³-hybridized carbons (Fsp3) is 0.115. The summed E-state index contributed by atoms with van der Waals surface area (Å²) in [6.07, 6.45) is 1.41. The fourth-order valence-electron chi connectivity index (χ4n) is 3.74. The molecule has 33 heavy (non-hydrogen) atoms. The lowest BCUT2D eigenvalue weighted by Crippen LogP contribution is -2.10. The molecule has 0 bridgehead atoms. The molecule has 0 saturated carbocycles. The molecule has 5 rings (SSSR count). The average molecular weight is 475 g/mol. The summed E-state index contributed by atoms with van der Waals surface area (Å²) >= 11 is 0. The van der Waals surface area contributed by atoms with Crippen LogP contribution < -0.4 is 9.84 Å². The number of benzene rings is 3. The molecule has 1 N–H and O–H groups in total. The highest BCUT2D eigenvalue weighted by Gasteiger charge is 2.30. The van der Waals surface area contributed by atoms with E-state index in [1.165, 1.54) is 0 Å². The molecule has 4 aromatic rings. The average Bonchev–Trinajstić information content (AvgIpc) is 3.26. The molecule has 0 radical (unpaired) electrons. The van der Waals surface area contributed by atoms with Crippen LogP contribution in [0.2, 0.25) is 0 Å². The fourth-order valence-corrected chi connectivity index (χ4v) is 7.85. The zero-order chi connectivity index (χ0) is 22.6. The minimum Gasteiger partial charge on any atom is -0.408 e. The van der Waals surface area contributed by atoms with Crippen LogP contribution in [-0.4, -0.2) is 4.98 Å². The molecule has 2 atom stereocenters. The summed E-state index contributed by atoms with van der Waals surface area (Å²) in [5.41, 5.74) is 3.42. The highest BCUT2D eigenvalue weighted by Crippen LogP contribution is 2.42. The molecule has 1 aliphatic heterocycles. The molecular formula is C26H23N2O3PS. The lowest BCUT2D eigenvalue weighted by Gasteiger charge is -2.18.